The number of benzene rings is 1. The van der Waals surface area contributed by atoms with Crippen molar-refractivity contribution in [2.75, 3.05) is 7.11 Å². The molecule has 0 unspecified atom stereocenters. The molecule has 0 aliphatic heterocycles. The predicted octanol–water partition coefficient (Wildman–Crippen LogP) is 2.64. The molecule has 1 aromatic carbocycles. The van der Waals surface area contributed by atoms with E-state index >= 15 is 0 Å². The van der Waals surface area contributed by atoms with E-state index < -0.39 is 0 Å². The van der Waals surface area contributed by atoms with Crippen LogP contribution < -0.4 is 4.74 Å². The van der Waals surface area contributed by atoms with Gasteiger partial charge in [0.25, 0.3) is 0 Å². The van der Waals surface area contributed by atoms with Crippen LogP contribution >= 0.6 is 15.9 Å². The fourth-order valence-corrected chi connectivity index (χ4v) is 1.48. The molecule has 0 spiro atoms. The Morgan fingerprint density at radius 1 is 1.43 bits per heavy atom. The van der Waals surface area contributed by atoms with Gasteiger partial charge in [0.2, 0.25) is 0 Å². The minimum Gasteiger partial charge on any atom is -0.497 e. The van der Waals surface area contributed by atoms with Crippen molar-refractivity contribution in [2.45, 2.75) is 0 Å². The number of nitrogens with zero attached hydrogens (tertiary/aromatic N) is 2. The SMILES string of the molecule is COc1cccc(-n2cc(Br)cn2)c1. The second-order valence-electron chi connectivity index (χ2n) is 2.80. The van der Waals surface area contributed by atoms with Crippen LogP contribution in [0.4, 0.5) is 0 Å². The van der Waals surface area contributed by atoms with Crippen molar-refractivity contribution in [3.8, 4) is 11.4 Å². The average molecular weight is 253 g/mol. The number of hydrogen-bond acceptors (Lipinski definition) is 2. The normalized spacial score (nSPS) is 10.1. The second-order valence-corrected chi connectivity index (χ2v) is 3.72. The van der Waals surface area contributed by atoms with Crippen LogP contribution in [-0.2, 0) is 0 Å². The van der Waals surface area contributed by atoms with Gasteiger partial charge in [-0.2, -0.15) is 5.10 Å². The number of methoxy groups -OCH3 is 1. The Labute approximate surface area is 90.4 Å². The van der Waals surface area contributed by atoms with Gasteiger partial charge in [-0.1, -0.05) is 6.07 Å². The quantitative estimate of drug-likeness (QED) is 0.822. The topological polar surface area (TPSA) is 27.1 Å². The molecule has 1 aromatic heterocycles. The predicted molar refractivity (Wildman–Crippen MR) is 57.8 cm³/mol. The van der Waals surface area contributed by atoms with Gasteiger partial charge in [0.15, 0.2) is 0 Å². The van der Waals surface area contributed by atoms with Gasteiger partial charge in [-0.25, -0.2) is 4.68 Å². The number of hydrogen-bond donors (Lipinski definition) is 0. The van der Waals surface area contributed by atoms with E-state index in [0.29, 0.717) is 0 Å². The Morgan fingerprint density at radius 2 is 2.29 bits per heavy atom. The lowest BCUT2D eigenvalue weighted by atomic mass is 10.3. The summed E-state index contributed by atoms with van der Waals surface area (Å²) >= 11 is 3.35. The van der Waals surface area contributed by atoms with Crippen LogP contribution in [0.3, 0.4) is 0 Å². The molecule has 0 aliphatic rings. The Kier molecular flexibility index (Phi) is 2.54. The van der Waals surface area contributed by atoms with Crippen molar-refractivity contribution in [1.29, 1.82) is 0 Å². The molecule has 3 nitrogen and oxygen atoms in total. The molecule has 1 heterocycles. The smallest absolute Gasteiger partial charge is 0.121 e. The summed E-state index contributed by atoms with van der Waals surface area (Å²) in [6, 6.07) is 7.74. The van der Waals surface area contributed by atoms with Crippen molar-refractivity contribution in [3.63, 3.8) is 0 Å². The highest BCUT2D eigenvalue weighted by molar-refractivity contribution is 9.10. The van der Waals surface area contributed by atoms with Crippen LogP contribution in [0.5, 0.6) is 5.75 Å². The number of aromatic nitrogens is 2. The maximum absolute atomic E-state index is 5.13. The molecule has 0 N–H and O–H groups in total. The Morgan fingerprint density at radius 3 is 2.93 bits per heavy atom. The standard InChI is InChI=1S/C10H9BrN2O/c1-14-10-4-2-3-9(5-10)13-7-8(11)6-12-13/h2-7H,1H3. The summed E-state index contributed by atoms with van der Waals surface area (Å²) in [7, 11) is 1.65. The number of ether oxygens (including phenoxy) is 1. The number of rotatable bonds is 2. The van der Waals surface area contributed by atoms with E-state index in [2.05, 4.69) is 21.0 Å². The third-order valence-corrected chi connectivity index (χ3v) is 2.28. The van der Waals surface area contributed by atoms with E-state index in [1.807, 2.05) is 30.5 Å². The van der Waals surface area contributed by atoms with Crippen molar-refractivity contribution in [3.05, 3.63) is 41.1 Å². The van der Waals surface area contributed by atoms with Crippen molar-refractivity contribution < 1.29 is 4.74 Å². The van der Waals surface area contributed by atoms with Crippen LogP contribution in [0.25, 0.3) is 5.69 Å². The number of halogens is 1. The Hall–Kier alpha value is -1.29. The summed E-state index contributed by atoms with van der Waals surface area (Å²) in [5.74, 6) is 0.828. The van der Waals surface area contributed by atoms with E-state index in [1.165, 1.54) is 0 Å². The lowest BCUT2D eigenvalue weighted by molar-refractivity contribution is 0.414. The average Bonchev–Trinajstić information content (AvgIpc) is 2.65. The molecule has 0 fully saturated rings. The molecule has 0 aliphatic carbocycles. The van der Waals surface area contributed by atoms with Gasteiger partial charge in [-0.05, 0) is 28.1 Å². The molecule has 0 atom stereocenters. The highest BCUT2D eigenvalue weighted by Gasteiger charge is 1.99. The van der Waals surface area contributed by atoms with Crippen LogP contribution in [-0.4, -0.2) is 16.9 Å². The van der Waals surface area contributed by atoms with Crippen molar-refractivity contribution >= 4 is 15.9 Å². The molecule has 0 saturated heterocycles. The lowest BCUT2D eigenvalue weighted by Crippen LogP contribution is -1.94. The van der Waals surface area contributed by atoms with Crippen molar-refractivity contribution in [2.24, 2.45) is 0 Å². The third-order valence-electron chi connectivity index (χ3n) is 1.87. The Bertz CT molecular complexity index is 439. The third kappa shape index (κ3) is 1.80. The van der Waals surface area contributed by atoms with Gasteiger partial charge in [-0.15, -0.1) is 0 Å². The van der Waals surface area contributed by atoms with E-state index in [4.69, 9.17) is 4.74 Å². The fourth-order valence-electron chi connectivity index (χ4n) is 1.20. The first kappa shape index (κ1) is 9.27. The minimum atomic E-state index is 0.828. The summed E-state index contributed by atoms with van der Waals surface area (Å²) in [5.41, 5.74) is 0.982. The van der Waals surface area contributed by atoms with Gasteiger partial charge in [-0.3, -0.25) is 0 Å². The van der Waals surface area contributed by atoms with Crippen molar-refractivity contribution in [1.82, 2.24) is 9.78 Å². The molecule has 4 heteroatoms. The first-order valence-corrected chi connectivity index (χ1v) is 4.93. The highest BCUT2D eigenvalue weighted by Crippen LogP contribution is 2.17. The zero-order valence-electron chi connectivity index (χ0n) is 7.64. The highest BCUT2D eigenvalue weighted by atomic mass is 79.9. The lowest BCUT2D eigenvalue weighted by Gasteiger charge is -2.03. The zero-order chi connectivity index (χ0) is 9.97. The van der Waals surface area contributed by atoms with Gasteiger partial charge >= 0.3 is 0 Å². The first-order valence-electron chi connectivity index (χ1n) is 4.14. The summed E-state index contributed by atoms with van der Waals surface area (Å²) in [6.45, 7) is 0. The first-order chi connectivity index (χ1) is 6.79. The molecule has 0 saturated carbocycles. The maximum atomic E-state index is 5.13. The summed E-state index contributed by atoms with van der Waals surface area (Å²) in [5, 5.41) is 4.18. The van der Waals surface area contributed by atoms with Gasteiger partial charge in [0, 0.05) is 12.3 Å². The monoisotopic (exact) mass is 252 g/mol. The van der Waals surface area contributed by atoms with Gasteiger partial charge in [0.1, 0.15) is 5.75 Å². The van der Waals surface area contributed by atoms with Gasteiger partial charge in [0.05, 0.1) is 23.5 Å². The minimum absolute atomic E-state index is 0.828. The molecule has 0 radical (unpaired) electrons. The maximum Gasteiger partial charge on any atom is 0.121 e. The molecular formula is C10H9BrN2O. The summed E-state index contributed by atoms with van der Waals surface area (Å²) in [4.78, 5) is 0. The van der Waals surface area contributed by atoms with E-state index in [1.54, 1.807) is 18.0 Å². The summed E-state index contributed by atoms with van der Waals surface area (Å²) in [6.07, 6.45) is 3.65. The largest absolute Gasteiger partial charge is 0.497 e. The Balaban J connectivity index is 2.41. The van der Waals surface area contributed by atoms with Crippen LogP contribution in [0, 0.1) is 0 Å². The molecule has 2 rings (SSSR count). The molecule has 0 bridgehead atoms. The second kappa shape index (κ2) is 3.84. The van der Waals surface area contributed by atoms with E-state index in [9.17, 15) is 0 Å². The van der Waals surface area contributed by atoms with Crippen LogP contribution in [0.2, 0.25) is 0 Å². The zero-order valence-corrected chi connectivity index (χ0v) is 9.23. The van der Waals surface area contributed by atoms with Crippen LogP contribution in [0.1, 0.15) is 0 Å². The molecule has 14 heavy (non-hydrogen) atoms. The fraction of sp³-hybridized carbons (Fsp3) is 0.100. The van der Waals surface area contributed by atoms with Gasteiger partial charge < -0.3 is 4.74 Å². The molecule has 2 aromatic rings. The van der Waals surface area contributed by atoms with E-state index in [0.717, 1.165) is 15.9 Å². The van der Waals surface area contributed by atoms with E-state index in [-0.39, 0.29) is 0 Å². The van der Waals surface area contributed by atoms with Crippen LogP contribution in [0.15, 0.2) is 41.1 Å². The molecular weight excluding hydrogens is 244 g/mol. The summed E-state index contributed by atoms with van der Waals surface area (Å²) < 4.78 is 7.87. The molecule has 0 amide bonds. The molecule has 72 valence electrons.